The normalized spacial score (nSPS) is 12.7. The average molecular weight is 333 g/mol. The molecule has 0 spiro atoms. The van der Waals surface area contributed by atoms with Gasteiger partial charge in [-0.1, -0.05) is 90.4 Å². The highest BCUT2D eigenvalue weighted by Gasteiger charge is 2.00. The molecule has 0 aromatic heterocycles. The SMILES string of the molecule is CCCCCCCCCCCCCCCCSC[C@@H](O)CO. The lowest BCUT2D eigenvalue weighted by molar-refractivity contribution is 0.113. The van der Waals surface area contributed by atoms with Crippen LogP contribution in [0.2, 0.25) is 0 Å². The van der Waals surface area contributed by atoms with E-state index in [0.29, 0.717) is 5.75 Å². The Bertz CT molecular complexity index is 200. The molecular formula is C19H40O2S. The van der Waals surface area contributed by atoms with E-state index in [0.717, 1.165) is 5.75 Å². The van der Waals surface area contributed by atoms with Crippen LogP contribution in [0.4, 0.5) is 0 Å². The van der Waals surface area contributed by atoms with E-state index in [4.69, 9.17) is 5.11 Å². The summed E-state index contributed by atoms with van der Waals surface area (Å²) in [5, 5.41) is 17.9. The second-order valence-corrected chi connectivity index (χ2v) is 7.66. The van der Waals surface area contributed by atoms with Crippen LogP contribution in [0.1, 0.15) is 96.8 Å². The van der Waals surface area contributed by atoms with Crippen molar-refractivity contribution >= 4 is 11.8 Å². The maximum absolute atomic E-state index is 9.20. The Hall–Kier alpha value is 0.270. The molecule has 22 heavy (non-hydrogen) atoms. The third-order valence-corrected chi connectivity index (χ3v) is 5.36. The quantitative estimate of drug-likeness (QED) is 0.323. The van der Waals surface area contributed by atoms with E-state index in [1.54, 1.807) is 11.8 Å². The Morgan fingerprint density at radius 3 is 1.50 bits per heavy atom. The smallest absolute Gasteiger partial charge is 0.0861 e. The van der Waals surface area contributed by atoms with Crippen LogP contribution in [-0.2, 0) is 0 Å². The number of hydrogen-bond acceptors (Lipinski definition) is 3. The Morgan fingerprint density at radius 1 is 0.682 bits per heavy atom. The van der Waals surface area contributed by atoms with E-state index in [2.05, 4.69) is 6.92 Å². The zero-order valence-electron chi connectivity index (χ0n) is 14.9. The van der Waals surface area contributed by atoms with Gasteiger partial charge in [0.15, 0.2) is 0 Å². The molecule has 0 aliphatic heterocycles. The predicted molar refractivity (Wildman–Crippen MR) is 101 cm³/mol. The maximum atomic E-state index is 9.20. The van der Waals surface area contributed by atoms with E-state index < -0.39 is 6.10 Å². The third kappa shape index (κ3) is 18.3. The van der Waals surface area contributed by atoms with Gasteiger partial charge in [0.2, 0.25) is 0 Å². The van der Waals surface area contributed by atoms with Crippen molar-refractivity contribution in [3.63, 3.8) is 0 Å². The Balaban J connectivity index is 2.97. The van der Waals surface area contributed by atoms with Crippen molar-refractivity contribution in [2.24, 2.45) is 0 Å². The van der Waals surface area contributed by atoms with Crippen LogP contribution in [0.5, 0.6) is 0 Å². The lowest BCUT2D eigenvalue weighted by Crippen LogP contribution is -2.14. The summed E-state index contributed by atoms with van der Waals surface area (Å²) in [5.74, 6) is 1.80. The molecular weight excluding hydrogens is 292 g/mol. The number of thioether (sulfide) groups is 1. The van der Waals surface area contributed by atoms with E-state index in [9.17, 15) is 5.11 Å². The molecule has 0 aliphatic rings. The molecule has 0 bridgehead atoms. The third-order valence-electron chi connectivity index (χ3n) is 4.16. The summed E-state index contributed by atoms with van der Waals surface area (Å²) < 4.78 is 0. The minimum atomic E-state index is -0.531. The number of unbranched alkanes of at least 4 members (excludes halogenated alkanes) is 13. The van der Waals surface area contributed by atoms with Crippen LogP contribution in [0.25, 0.3) is 0 Å². The fourth-order valence-corrected chi connectivity index (χ4v) is 3.62. The van der Waals surface area contributed by atoms with E-state index in [1.807, 2.05) is 0 Å². The van der Waals surface area contributed by atoms with Crippen molar-refractivity contribution in [2.45, 2.75) is 103 Å². The van der Waals surface area contributed by atoms with E-state index in [1.165, 1.54) is 89.9 Å². The summed E-state index contributed by atoms with van der Waals surface area (Å²) in [5.41, 5.74) is 0. The zero-order valence-corrected chi connectivity index (χ0v) is 15.7. The fraction of sp³-hybridized carbons (Fsp3) is 1.00. The summed E-state index contributed by atoms with van der Waals surface area (Å²) >= 11 is 1.76. The number of aliphatic hydroxyl groups is 2. The van der Waals surface area contributed by atoms with Crippen molar-refractivity contribution < 1.29 is 10.2 Å². The zero-order chi connectivity index (χ0) is 16.3. The molecule has 0 aromatic rings. The topological polar surface area (TPSA) is 40.5 Å². The fourth-order valence-electron chi connectivity index (χ4n) is 2.67. The van der Waals surface area contributed by atoms with Gasteiger partial charge in [0, 0.05) is 5.75 Å². The monoisotopic (exact) mass is 332 g/mol. The van der Waals surface area contributed by atoms with Gasteiger partial charge in [0.05, 0.1) is 12.7 Å². The van der Waals surface area contributed by atoms with Crippen molar-refractivity contribution in [1.29, 1.82) is 0 Å². The van der Waals surface area contributed by atoms with Crippen LogP contribution < -0.4 is 0 Å². The first-order valence-electron chi connectivity index (χ1n) is 9.68. The molecule has 0 saturated heterocycles. The molecule has 0 rings (SSSR count). The van der Waals surface area contributed by atoms with Gasteiger partial charge in [-0.15, -0.1) is 0 Å². The van der Waals surface area contributed by atoms with Gasteiger partial charge in [0.1, 0.15) is 0 Å². The van der Waals surface area contributed by atoms with Crippen LogP contribution in [0.3, 0.4) is 0 Å². The predicted octanol–water partition coefficient (Wildman–Crippen LogP) is 5.55. The highest BCUT2D eigenvalue weighted by Crippen LogP contribution is 2.14. The molecule has 134 valence electrons. The van der Waals surface area contributed by atoms with E-state index >= 15 is 0 Å². The van der Waals surface area contributed by atoms with Crippen molar-refractivity contribution in [1.82, 2.24) is 0 Å². The highest BCUT2D eigenvalue weighted by atomic mass is 32.2. The van der Waals surface area contributed by atoms with Gasteiger partial charge in [-0.2, -0.15) is 11.8 Å². The van der Waals surface area contributed by atoms with Crippen molar-refractivity contribution in [2.75, 3.05) is 18.1 Å². The maximum Gasteiger partial charge on any atom is 0.0861 e. The lowest BCUT2D eigenvalue weighted by Gasteiger charge is -2.06. The minimum Gasteiger partial charge on any atom is -0.394 e. The van der Waals surface area contributed by atoms with Crippen LogP contribution in [0.15, 0.2) is 0 Å². The molecule has 1 atom stereocenters. The highest BCUT2D eigenvalue weighted by molar-refractivity contribution is 7.99. The van der Waals surface area contributed by atoms with Gasteiger partial charge in [0.25, 0.3) is 0 Å². The molecule has 0 heterocycles. The van der Waals surface area contributed by atoms with Crippen LogP contribution in [-0.4, -0.2) is 34.4 Å². The molecule has 0 saturated carbocycles. The molecule has 0 aliphatic carbocycles. The Morgan fingerprint density at radius 2 is 1.09 bits per heavy atom. The van der Waals surface area contributed by atoms with Gasteiger partial charge in [-0.05, 0) is 12.2 Å². The van der Waals surface area contributed by atoms with Crippen molar-refractivity contribution in [3.05, 3.63) is 0 Å². The molecule has 0 radical (unpaired) electrons. The molecule has 0 amide bonds. The van der Waals surface area contributed by atoms with Gasteiger partial charge in [-0.3, -0.25) is 0 Å². The summed E-state index contributed by atoms with van der Waals surface area (Å²) in [6, 6.07) is 0. The molecule has 0 unspecified atom stereocenters. The summed E-state index contributed by atoms with van der Waals surface area (Å²) in [6.45, 7) is 2.17. The standard InChI is InChI=1S/C19H40O2S/c1-2-3-4-5-6-7-8-9-10-11-12-13-14-15-16-22-18-19(21)17-20/h19-21H,2-18H2,1H3/t19-/m0/s1. The first kappa shape index (κ1) is 22.3. The minimum absolute atomic E-state index is 0.105. The number of hydrogen-bond donors (Lipinski definition) is 2. The second kappa shape index (κ2) is 19.3. The first-order valence-corrected chi connectivity index (χ1v) is 10.8. The Labute approximate surface area is 143 Å². The molecule has 2 N–H and O–H groups in total. The van der Waals surface area contributed by atoms with Gasteiger partial charge < -0.3 is 10.2 Å². The lowest BCUT2D eigenvalue weighted by atomic mass is 10.0. The summed E-state index contributed by atoms with van der Waals surface area (Å²) in [4.78, 5) is 0. The first-order chi connectivity index (χ1) is 10.8. The van der Waals surface area contributed by atoms with E-state index in [-0.39, 0.29) is 6.61 Å². The van der Waals surface area contributed by atoms with Crippen LogP contribution >= 0.6 is 11.8 Å². The largest absolute Gasteiger partial charge is 0.394 e. The number of aliphatic hydroxyl groups excluding tert-OH is 2. The van der Waals surface area contributed by atoms with Gasteiger partial charge in [-0.25, -0.2) is 0 Å². The average Bonchev–Trinajstić information content (AvgIpc) is 2.54. The molecule has 0 aromatic carbocycles. The molecule has 0 fully saturated rings. The summed E-state index contributed by atoms with van der Waals surface area (Å²) in [6.07, 6.45) is 19.0. The van der Waals surface area contributed by atoms with Crippen LogP contribution in [0, 0.1) is 0 Å². The Kier molecular flexibility index (Phi) is 19.6. The van der Waals surface area contributed by atoms with Gasteiger partial charge >= 0.3 is 0 Å². The second-order valence-electron chi connectivity index (χ2n) is 6.51. The summed E-state index contributed by atoms with van der Waals surface area (Å²) in [7, 11) is 0. The number of rotatable bonds is 18. The van der Waals surface area contributed by atoms with Crippen molar-refractivity contribution in [3.8, 4) is 0 Å². The molecule has 3 heteroatoms. The molecule has 2 nitrogen and oxygen atoms in total.